The monoisotopic (exact) mass is 1050 g/mol. The minimum Gasteiger partial charge on any atom is -0.466 e. The van der Waals surface area contributed by atoms with E-state index < -0.39 is 12.1 Å². The van der Waals surface area contributed by atoms with E-state index in [9.17, 15) is 19.8 Å². The number of allylic oxidation sites excluding steroid dienone is 6. The number of nitrogens with one attached hydrogen (secondary N) is 1. The summed E-state index contributed by atoms with van der Waals surface area (Å²) in [5.74, 6) is -0.0625. The molecule has 2 unspecified atom stereocenters. The molecule has 2 atom stereocenters. The Balaban J connectivity index is 3.47. The number of hydrogen-bond acceptors (Lipinski definition) is 5. The van der Waals surface area contributed by atoms with Crippen molar-refractivity contribution in [3.05, 3.63) is 36.5 Å². The van der Waals surface area contributed by atoms with E-state index >= 15 is 0 Å². The highest BCUT2D eigenvalue weighted by Crippen LogP contribution is 2.18. The third-order valence-corrected chi connectivity index (χ3v) is 15.7. The summed E-state index contributed by atoms with van der Waals surface area (Å²) >= 11 is 0. The summed E-state index contributed by atoms with van der Waals surface area (Å²) in [5, 5.41) is 23.4. The maximum atomic E-state index is 12.5. The normalized spacial score (nSPS) is 12.7. The molecule has 0 heterocycles. The van der Waals surface area contributed by atoms with Gasteiger partial charge in [0.05, 0.1) is 25.4 Å². The molecule has 0 aromatic rings. The predicted molar refractivity (Wildman–Crippen MR) is 329 cm³/mol. The minimum absolute atomic E-state index is 0.0212. The van der Waals surface area contributed by atoms with Crippen molar-refractivity contribution in [2.45, 2.75) is 379 Å². The zero-order chi connectivity index (χ0) is 54.3. The molecule has 0 aromatic heterocycles. The Hall–Kier alpha value is -1.92. The number of rotatable bonds is 63. The molecule has 442 valence electrons. The molecule has 6 heteroatoms. The van der Waals surface area contributed by atoms with Crippen LogP contribution in [0, 0.1) is 0 Å². The SMILES string of the molecule is CCCCCCC/C=C\CCCCCCCC(=O)OCCCCC/C=C\C=C/CCCCCCCCCCCCC(=O)NC(CO)C(O)CCCCCCCCCCCCCCCCCCCCCCCCCCC. The second-order valence-electron chi connectivity index (χ2n) is 23.2. The molecular formula is C69H131NO5. The van der Waals surface area contributed by atoms with Crippen LogP contribution in [0.4, 0.5) is 0 Å². The molecule has 0 aliphatic heterocycles. The smallest absolute Gasteiger partial charge is 0.305 e. The van der Waals surface area contributed by atoms with E-state index in [2.05, 4.69) is 55.6 Å². The van der Waals surface area contributed by atoms with Crippen molar-refractivity contribution >= 4 is 11.9 Å². The molecule has 0 aliphatic rings. The van der Waals surface area contributed by atoms with E-state index in [4.69, 9.17) is 4.74 Å². The van der Waals surface area contributed by atoms with Crippen LogP contribution < -0.4 is 5.32 Å². The van der Waals surface area contributed by atoms with Crippen molar-refractivity contribution in [3.63, 3.8) is 0 Å². The van der Waals surface area contributed by atoms with Gasteiger partial charge in [0.25, 0.3) is 0 Å². The van der Waals surface area contributed by atoms with Gasteiger partial charge in [0, 0.05) is 12.8 Å². The largest absolute Gasteiger partial charge is 0.466 e. The first-order valence-corrected chi connectivity index (χ1v) is 33.8. The number of carbonyl (C=O) groups is 2. The Morgan fingerprint density at radius 1 is 0.373 bits per heavy atom. The summed E-state index contributed by atoms with van der Waals surface area (Å²) in [7, 11) is 0. The van der Waals surface area contributed by atoms with Crippen molar-refractivity contribution in [1.29, 1.82) is 0 Å². The number of unbranched alkanes of at least 4 members (excludes halogenated alkanes) is 47. The number of aliphatic hydroxyl groups excluding tert-OH is 2. The Bertz CT molecular complexity index is 1210. The molecule has 0 radical (unpaired) electrons. The van der Waals surface area contributed by atoms with Gasteiger partial charge in [0.1, 0.15) is 0 Å². The highest BCUT2D eigenvalue weighted by Gasteiger charge is 2.20. The van der Waals surface area contributed by atoms with Crippen molar-refractivity contribution in [3.8, 4) is 0 Å². The standard InChI is InChI=1S/C69H131NO5/c1-3-5-7-9-11-13-15-17-19-20-21-22-23-24-25-26-28-31-34-37-41-45-49-53-57-61-67(72)66(65-71)70-68(73)62-58-54-50-46-42-38-35-32-29-27-30-33-36-40-44-48-52-56-60-64-75-69(74)63-59-55-51-47-43-39-18-16-14-12-10-8-6-4-2/h16,18,33,36,40,44,66-67,71-72H,3-15,17,19-32,34-35,37-39,41-43,45-65H2,1-2H3,(H,70,73)/b18-16-,36-33-,44-40-. The average Bonchev–Trinajstić information content (AvgIpc) is 3.41. The fraction of sp³-hybridized carbons (Fsp3) is 0.884. The fourth-order valence-corrected chi connectivity index (χ4v) is 10.5. The predicted octanol–water partition coefficient (Wildman–Crippen LogP) is 21.5. The lowest BCUT2D eigenvalue weighted by molar-refractivity contribution is -0.143. The summed E-state index contributed by atoms with van der Waals surface area (Å²) in [6, 6.07) is -0.551. The van der Waals surface area contributed by atoms with E-state index in [0.29, 0.717) is 25.9 Å². The van der Waals surface area contributed by atoms with Gasteiger partial charge in [-0.05, 0) is 83.5 Å². The van der Waals surface area contributed by atoms with Crippen LogP contribution in [0.5, 0.6) is 0 Å². The number of carbonyl (C=O) groups excluding carboxylic acids is 2. The summed E-state index contributed by atoms with van der Waals surface area (Å²) in [6.45, 7) is 4.93. The molecule has 1 amide bonds. The Morgan fingerprint density at radius 2 is 0.667 bits per heavy atom. The van der Waals surface area contributed by atoms with Crippen LogP contribution >= 0.6 is 0 Å². The topological polar surface area (TPSA) is 95.9 Å². The molecule has 0 bridgehead atoms. The van der Waals surface area contributed by atoms with Crippen LogP contribution in [-0.4, -0.2) is 47.4 Å². The van der Waals surface area contributed by atoms with Crippen LogP contribution in [0.2, 0.25) is 0 Å². The van der Waals surface area contributed by atoms with Crippen molar-refractivity contribution in [1.82, 2.24) is 5.32 Å². The van der Waals surface area contributed by atoms with Crippen LogP contribution in [0.3, 0.4) is 0 Å². The van der Waals surface area contributed by atoms with Crippen molar-refractivity contribution < 1.29 is 24.5 Å². The van der Waals surface area contributed by atoms with E-state index in [1.54, 1.807) is 0 Å². The summed E-state index contributed by atoms with van der Waals surface area (Å²) in [4.78, 5) is 24.6. The number of aliphatic hydroxyl groups is 2. The van der Waals surface area contributed by atoms with Gasteiger partial charge in [0.2, 0.25) is 5.91 Å². The van der Waals surface area contributed by atoms with E-state index in [0.717, 1.165) is 70.6 Å². The molecule has 0 saturated carbocycles. The lowest BCUT2D eigenvalue weighted by atomic mass is 10.0. The molecule has 0 saturated heterocycles. The lowest BCUT2D eigenvalue weighted by Crippen LogP contribution is -2.45. The van der Waals surface area contributed by atoms with Gasteiger partial charge in [-0.2, -0.15) is 0 Å². The van der Waals surface area contributed by atoms with Gasteiger partial charge in [-0.3, -0.25) is 9.59 Å². The quantitative estimate of drug-likeness (QED) is 0.0244. The summed E-state index contributed by atoms with van der Waals surface area (Å²) < 4.78 is 5.45. The molecule has 0 rings (SSSR count). The molecule has 0 aliphatic carbocycles. The first kappa shape index (κ1) is 73.1. The maximum Gasteiger partial charge on any atom is 0.305 e. The number of amides is 1. The van der Waals surface area contributed by atoms with Gasteiger partial charge in [-0.15, -0.1) is 0 Å². The zero-order valence-electron chi connectivity index (χ0n) is 50.5. The number of hydrogen-bond donors (Lipinski definition) is 3. The Kier molecular flexibility index (Phi) is 63.0. The van der Waals surface area contributed by atoms with Crippen LogP contribution in [0.15, 0.2) is 36.5 Å². The summed E-state index contributed by atoms with van der Waals surface area (Å²) in [6.07, 6.45) is 81.7. The molecule has 0 aromatic carbocycles. The summed E-state index contributed by atoms with van der Waals surface area (Å²) in [5.41, 5.74) is 0. The molecule has 75 heavy (non-hydrogen) atoms. The highest BCUT2D eigenvalue weighted by atomic mass is 16.5. The fourth-order valence-electron chi connectivity index (χ4n) is 10.5. The Morgan fingerprint density at radius 3 is 1.03 bits per heavy atom. The van der Waals surface area contributed by atoms with E-state index in [1.807, 2.05) is 0 Å². The molecular weight excluding hydrogens is 923 g/mol. The third-order valence-electron chi connectivity index (χ3n) is 15.7. The van der Waals surface area contributed by atoms with Gasteiger partial charge >= 0.3 is 5.97 Å². The van der Waals surface area contributed by atoms with E-state index in [-0.39, 0.29) is 18.5 Å². The van der Waals surface area contributed by atoms with Crippen molar-refractivity contribution in [2.75, 3.05) is 13.2 Å². The van der Waals surface area contributed by atoms with Crippen LogP contribution in [-0.2, 0) is 14.3 Å². The first-order chi connectivity index (χ1) is 37.0. The Labute approximate surface area is 468 Å². The molecule has 6 nitrogen and oxygen atoms in total. The molecule has 0 spiro atoms. The average molecular weight is 1050 g/mol. The second-order valence-corrected chi connectivity index (χ2v) is 23.2. The third kappa shape index (κ3) is 61.2. The van der Waals surface area contributed by atoms with Gasteiger partial charge in [-0.1, -0.05) is 307 Å². The lowest BCUT2D eigenvalue weighted by Gasteiger charge is -2.22. The highest BCUT2D eigenvalue weighted by molar-refractivity contribution is 5.76. The number of ether oxygens (including phenoxy) is 1. The first-order valence-electron chi connectivity index (χ1n) is 33.8. The zero-order valence-corrected chi connectivity index (χ0v) is 50.5. The maximum absolute atomic E-state index is 12.5. The second kappa shape index (κ2) is 64.6. The van der Waals surface area contributed by atoms with Crippen molar-refractivity contribution in [2.24, 2.45) is 0 Å². The molecule has 3 N–H and O–H groups in total. The van der Waals surface area contributed by atoms with Gasteiger partial charge < -0.3 is 20.3 Å². The van der Waals surface area contributed by atoms with E-state index in [1.165, 1.54) is 263 Å². The van der Waals surface area contributed by atoms with Crippen LogP contribution in [0.1, 0.15) is 367 Å². The minimum atomic E-state index is -0.673. The van der Waals surface area contributed by atoms with Gasteiger partial charge in [-0.25, -0.2) is 0 Å². The number of esters is 1. The molecule has 0 fully saturated rings. The van der Waals surface area contributed by atoms with Gasteiger partial charge in [0.15, 0.2) is 0 Å². The van der Waals surface area contributed by atoms with Crippen LogP contribution in [0.25, 0.3) is 0 Å².